The lowest BCUT2D eigenvalue weighted by Crippen LogP contribution is -2.29. The monoisotopic (exact) mass is 219 g/mol. The maximum absolute atomic E-state index is 10.5. The summed E-state index contributed by atoms with van der Waals surface area (Å²) in [6, 6.07) is 10.2. The van der Waals surface area contributed by atoms with Crippen molar-refractivity contribution in [2.45, 2.75) is 11.4 Å². The second-order valence-electron chi connectivity index (χ2n) is 3.43. The van der Waals surface area contributed by atoms with Crippen molar-refractivity contribution < 1.29 is 4.79 Å². The van der Waals surface area contributed by atoms with Crippen LogP contribution in [0.5, 0.6) is 0 Å². The van der Waals surface area contributed by atoms with Crippen LogP contribution in [0.3, 0.4) is 0 Å². The Morgan fingerprint density at radius 3 is 2.80 bits per heavy atom. The minimum absolute atomic E-state index is 0.0143. The maximum Gasteiger partial charge on any atom is 0.137 e. The fraction of sp³-hybridized carbons (Fsp3) is 0.250. The van der Waals surface area contributed by atoms with Gasteiger partial charge in [-0.25, -0.2) is 0 Å². The van der Waals surface area contributed by atoms with Crippen molar-refractivity contribution in [3.05, 3.63) is 42.0 Å². The summed E-state index contributed by atoms with van der Waals surface area (Å²) in [5.74, 6) is 0.868. The molecule has 1 aromatic carbocycles. The lowest BCUT2D eigenvalue weighted by molar-refractivity contribution is -0.109. The van der Waals surface area contributed by atoms with Gasteiger partial charge >= 0.3 is 0 Å². The van der Waals surface area contributed by atoms with E-state index in [1.165, 1.54) is 5.56 Å². The average molecular weight is 219 g/mol. The molecule has 0 aromatic heterocycles. The topological polar surface area (TPSA) is 29.1 Å². The van der Waals surface area contributed by atoms with Gasteiger partial charge in [0.1, 0.15) is 6.29 Å². The number of carbonyl (C=O) groups excluding carboxylic acids is 1. The van der Waals surface area contributed by atoms with Crippen LogP contribution in [0.2, 0.25) is 0 Å². The zero-order chi connectivity index (χ0) is 10.5. The normalized spacial score (nSPS) is 25.9. The molecule has 1 aliphatic rings. The molecule has 78 valence electrons. The molecule has 0 radical (unpaired) electrons. The Balaban J connectivity index is 1.93. The molecule has 2 nitrogen and oxygen atoms in total. The first-order chi connectivity index (χ1) is 7.38. The molecule has 0 saturated carbocycles. The quantitative estimate of drug-likeness (QED) is 0.788. The van der Waals surface area contributed by atoms with Gasteiger partial charge in [0.05, 0.1) is 11.4 Å². The van der Waals surface area contributed by atoms with E-state index in [2.05, 4.69) is 29.6 Å². The second-order valence-corrected chi connectivity index (χ2v) is 4.61. The molecule has 0 aliphatic carbocycles. The van der Waals surface area contributed by atoms with Gasteiger partial charge in [0, 0.05) is 5.75 Å². The summed E-state index contributed by atoms with van der Waals surface area (Å²) in [5.41, 5.74) is 1.19. The molecular weight excluding hydrogens is 206 g/mol. The van der Waals surface area contributed by atoms with Gasteiger partial charge in [0.15, 0.2) is 0 Å². The van der Waals surface area contributed by atoms with Crippen LogP contribution < -0.4 is 5.32 Å². The largest absolute Gasteiger partial charge is 0.302 e. The molecule has 1 saturated heterocycles. The molecule has 1 heterocycles. The summed E-state index contributed by atoms with van der Waals surface area (Å²) in [6.45, 7) is 0. The average Bonchev–Trinajstić information content (AvgIpc) is 2.76. The highest BCUT2D eigenvalue weighted by molar-refractivity contribution is 8.00. The number of aldehydes is 1. The number of hydrogen-bond acceptors (Lipinski definition) is 3. The summed E-state index contributed by atoms with van der Waals surface area (Å²) in [5, 5.41) is 3.48. The molecule has 1 N–H and O–H groups in total. The first kappa shape index (κ1) is 10.5. The minimum Gasteiger partial charge on any atom is -0.302 e. The third-order valence-electron chi connectivity index (χ3n) is 2.26. The number of carbonyl (C=O) groups is 1. The lowest BCUT2D eigenvalue weighted by Gasteiger charge is -2.03. The second kappa shape index (κ2) is 5.14. The van der Waals surface area contributed by atoms with Gasteiger partial charge in [-0.1, -0.05) is 42.5 Å². The third-order valence-corrected chi connectivity index (χ3v) is 3.46. The third kappa shape index (κ3) is 2.94. The van der Waals surface area contributed by atoms with Crippen LogP contribution in [-0.2, 0) is 4.79 Å². The maximum atomic E-state index is 10.5. The van der Waals surface area contributed by atoms with Gasteiger partial charge in [-0.05, 0) is 5.56 Å². The van der Waals surface area contributed by atoms with Crippen molar-refractivity contribution in [3.8, 4) is 0 Å². The Kier molecular flexibility index (Phi) is 3.59. The van der Waals surface area contributed by atoms with Crippen LogP contribution in [0.15, 0.2) is 36.4 Å². The molecule has 1 aromatic rings. The van der Waals surface area contributed by atoms with E-state index in [4.69, 9.17) is 0 Å². The minimum atomic E-state index is 0.0143. The van der Waals surface area contributed by atoms with E-state index >= 15 is 0 Å². The molecule has 1 aliphatic heterocycles. The van der Waals surface area contributed by atoms with Crippen molar-refractivity contribution >= 4 is 24.1 Å². The van der Waals surface area contributed by atoms with E-state index in [1.54, 1.807) is 11.8 Å². The van der Waals surface area contributed by atoms with Crippen LogP contribution in [-0.4, -0.2) is 23.5 Å². The lowest BCUT2D eigenvalue weighted by atomic mass is 10.2. The van der Waals surface area contributed by atoms with Crippen LogP contribution in [0.25, 0.3) is 6.08 Å². The Labute approximate surface area is 93.8 Å². The fourth-order valence-electron chi connectivity index (χ4n) is 1.47. The number of hydrogen-bond donors (Lipinski definition) is 1. The Bertz CT molecular complexity index is 350. The highest BCUT2D eigenvalue weighted by Crippen LogP contribution is 2.19. The Hall–Kier alpha value is -1.06. The molecule has 0 amide bonds. The first-order valence-electron chi connectivity index (χ1n) is 4.95. The molecule has 15 heavy (non-hydrogen) atoms. The first-order valence-corrected chi connectivity index (χ1v) is 5.99. The van der Waals surface area contributed by atoms with E-state index in [1.807, 2.05) is 18.2 Å². The van der Waals surface area contributed by atoms with Crippen molar-refractivity contribution in [1.29, 1.82) is 0 Å². The molecule has 0 bridgehead atoms. The van der Waals surface area contributed by atoms with Crippen molar-refractivity contribution in [2.75, 3.05) is 5.75 Å². The SMILES string of the molecule is O=CC1CSC(/C=C/c2ccccc2)N1. The molecule has 0 spiro atoms. The van der Waals surface area contributed by atoms with Crippen LogP contribution in [0, 0.1) is 0 Å². The van der Waals surface area contributed by atoms with Crippen molar-refractivity contribution in [2.24, 2.45) is 0 Å². The number of rotatable bonds is 3. The smallest absolute Gasteiger partial charge is 0.137 e. The van der Waals surface area contributed by atoms with Gasteiger partial charge in [0.2, 0.25) is 0 Å². The van der Waals surface area contributed by atoms with Crippen molar-refractivity contribution in [1.82, 2.24) is 5.32 Å². The van der Waals surface area contributed by atoms with Crippen LogP contribution in [0.1, 0.15) is 5.56 Å². The van der Waals surface area contributed by atoms with E-state index < -0.39 is 0 Å². The zero-order valence-electron chi connectivity index (χ0n) is 8.30. The molecule has 3 heteroatoms. The summed E-state index contributed by atoms with van der Waals surface area (Å²) in [6.07, 6.45) is 5.16. The Morgan fingerprint density at radius 2 is 2.13 bits per heavy atom. The van der Waals surface area contributed by atoms with E-state index in [0.29, 0.717) is 0 Å². The number of nitrogens with one attached hydrogen (secondary N) is 1. The summed E-state index contributed by atoms with van der Waals surface area (Å²) in [7, 11) is 0. The summed E-state index contributed by atoms with van der Waals surface area (Å²) < 4.78 is 0. The molecular formula is C12H13NOS. The fourth-order valence-corrected chi connectivity index (χ4v) is 2.52. The Morgan fingerprint density at radius 1 is 1.33 bits per heavy atom. The van der Waals surface area contributed by atoms with Gasteiger partial charge in [-0.2, -0.15) is 0 Å². The van der Waals surface area contributed by atoms with E-state index in [-0.39, 0.29) is 11.4 Å². The van der Waals surface area contributed by atoms with E-state index in [9.17, 15) is 4.79 Å². The van der Waals surface area contributed by atoms with Crippen LogP contribution >= 0.6 is 11.8 Å². The van der Waals surface area contributed by atoms with Gasteiger partial charge in [0.25, 0.3) is 0 Å². The molecule has 1 fully saturated rings. The highest BCUT2D eigenvalue weighted by Gasteiger charge is 2.20. The van der Waals surface area contributed by atoms with Gasteiger partial charge < -0.3 is 4.79 Å². The van der Waals surface area contributed by atoms with Crippen LogP contribution in [0.4, 0.5) is 0 Å². The number of thioether (sulfide) groups is 1. The summed E-state index contributed by atoms with van der Waals surface area (Å²) in [4.78, 5) is 10.5. The standard InChI is InChI=1S/C12H13NOS/c14-8-11-9-15-12(13-11)7-6-10-4-2-1-3-5-10/h1-8,11-13H,9H2/b7-6+. The predicted octanol–water partition coefficient (Wildman–Crippen LogP) is 1.93. The zero-order valence-corrected chi connectivity index (χ0v) is 9.11. The van der Waals surface area contributed by atoms with E-state index in [0.717, 1.165) is 12.0 Å². The van der Waals surface area contributed by atoms with Crippen molar-refractivity contribution in [3.63, 3.8) is 0 Å². The highest BCUT2D eigenvalue weighted by atomic mass is 32.2. The molecule has 2 atom stereocenters. The predicted molar refractivity (Wildman–Crippen MR) is 64.7 cm³/mol. The number of benzene rings is 1. The van der Waals surface area contributed by atoms with Gasteiger partial charge in [-0.3, -0.25) is 5.32 Å². The van der Waals surface area contributed by atoms with Gasteiger partial charge in [-0.15, -0.1) is 11.8 Å². The molecule has 2 rings (SSSR count). The summed E-state index contributed by atoms with van der Waals surface area (Å²) >= 11 is 1.77. The molecule has 2 unspecified atom stereocenters.